The Hall–Kier alpha value is -2.63. The van der Waals surface area contributed by atoms with Crippen LogP contribution in [0.15, 0.2) is 53.4 Å². The molecule has 0 saturated heterocycles. The molecule has 0 aliphatic rings. The first-order valence-electron chi connectivity index (χ1n) is 9.13. The number of ether oxygens (including phenoxy) is 2. The number of carbonyl (C=O) groups is 2. The van der Waals surface area contributed by atoms with Gasteiger partial charge in [-0.1, -0.05) is 12.1 Å². The fourth-order valence-corrected chi connectivity index (χ4v) is 4.24. The van der Waals surface area contributed by atoms with Gasteiger partial charge in [-0.15, -0.1) is 0 Å². The Morgan fingerprint density at radius 1 is 1.13 bits per heavy atom. The maximum Gasteiger partial charge on any atom is 0.343 e. The average Bonchev–Trinajstić information content (AvgIpc) is 2.75. The number of esters is 1. The van der Waals surface area contributed by atoms with Gasteiger partial charge in [0.25, 0.3) is 0 Å². The van der Waals surface area contributed by atoms with Crippen molar-refractivity contribution in [2.24, 2.45) is 0 Å². The number of halogens is 1. The molecule has 1 unspecified atom stereocenters. The van der Waals surface area contributed by atoms with Gasteiger partial charge in [0.15, 0.2) is 6.61 Å². The van der Waals surface area contributed by atoms with Crippen molar-refractivity contribution in [3.05, 3.63) is 54.3 Å². The van der Waals surface area contributed by atoms with Crippen LogP contribution in [0.4, 0.5) is 10.1 Å². The van der Waals surface area contributed by atoms with Gasteiger partial charge >= 0.3 is 5.97 Å². The highest BCUT2D eigenvalue weighted by Gasteiger charge is 2.27. The number of sulfonamides is 1. The fraction of sp³-hybridized carbons (Fsp3) is 0.300. The van der Waals surface area contributed by atoms with Crippen molar-refractivity contribution in [1.29, 1.82) is 0 Å². The topological polar surface area (TPSA) is 111 Å². The minimum Gasteiger partial charge on any atom is -0.482 e. The molecule has 2 aromatic carbocycles. The lowest BCUT2D eigenvalue weighted by Crippen LogP contribution is -2.44. The second kappa shape index (κ2) is 11.7. The number of carbonyl (C=O) groups excluding carboxylic acids is 2. The Balaban J connectivity index is 2.09. The molecular formula is C20H23FN2O6S2. The molecule has 2 aromatic rings. The van der Waals surface area contributed by atoms with Crippen LogP contribution in [0.25, 0.3) is 0 Å². The Bertz CT molecular complexity index is 999. The number of methoxy groups -OCH3 is 1. The number of benzene rings is 2. The molecule has 0 aromatic heterocycles. The van der Waals surface area contributed by atoms with E-state index >= 15 is 0 Å². The van der Waals surface area contributed by atoms with E-state index in [2.05, 4.69) is 14.8 Å². The van der Waals surface area contributed by atoms with Crippen LogP contribution in [0, 0.1) is 5.82 Å². The average molecular weight is 471 g/mol. The molecule has 1 amide bonds. The minimum atomic E-state index is -4.24. The number of hydrogen-bond acceptors (Lipinski definition) is 7. The lowest BCUT2D eigenvalue weighted by molar-refractivity contribution is -0.142. The van der Waals surface area contributed by atoms with Crippen LogP contribution in [-0.4, -0.2) is 52.1 Å². The molecule has 0 spiro atoms. The molecule has 0 saturated carbocycles. The highest BCUT2D eigenvalue weighted by molar-refractivity contribution is 7.98. The van der Waals surface area contributed by atoms with Gasteiger partial charge < -0.3 is 14.8 Å². The SMILES string of the molecule is COC(=O)COc1ccc(NC(=O)C(CCSC)NS(=O)(=O)c2ccccc2F)cc1. The molecule has 0 aliphatic heterocycles. The zero-order valence-corrected chi connectivity index (χ0v) is 18.6. The number of anilines is 1. The Morgan fingerprint density at radius 2 is 1.81 bits per heavy atom. The second-order valence-electron chi connectivity index (χ2n) is 6.26. The van der Waals surface area contributed by atoms with Crippen LogP contribution in [0.5, 0.6) is 5.75 Å². The van der Waals surface area contributed by atoms with E-state index in [1.165, 1.54) is 31.0 Å². The highest BCUT2D eigenvalue weighted by atomic mass is 32.2. The van der Waals surface area contributed by atoms with Crippen molar-refractivity contribution < 1.29 is 31.9 Å². The molecule has 2 N–H and O–H groups in total. The van der Waals surface area contributed by atoms with Crippen molar-refractivity contribution in [2.45, 2.75) is 17.4 Å². The molecule has 1 atom stereocenters. The summed E-state index contributed by atoms with van der Waals surface area (Å²) >= 11 is 1.45. The summed E-state index contributed by atoms with van der Waals surface area (Å²) in [4.78, 5) is 23.3. The van der Waals surface area contributed by atoms with Crippen molar-refractivity contribution in [3.63, 3.8) is 0 Å². The Kier molecular flexibility index (Phi) is 9.28. The standard InChI is InChI=1S/C20H23FN2O6S2/c1-28-19(24)13-29-15-9-7-14(8-10-15)22-20(25)17(11-12-30-2)23-31(26,27)18-6-4-3-5-16(18)21/h3-10,17,23H,11-13H2,1-2H3,(H,22,25). The van der Waals surface area contributed by atoms with Gasteiger partial charge in [-0.3, -0.25) is 4.79 Å². The van der Waals surface area contributed by atoms with E-state index in [1.807, 2.05) is 6.26 Å². The predicted molar refractivity (Wildman–Crippen MR) is 116 cm³/mol. The minimum absolute atomic E-state index is 0.209. The number of nitrogens with one attached hydrogen (secondary N) is 2. The predicted octanol–water partition coefficient (Wildman–Crippen LogP) is 2.42. The van der Waals surface area contributed by atoms with Crippen LogP contribution in [0.3, 0.4) is 0 Å². The summed E-state index contributed by atoms with van der Waals surface area (Å²) in [5.74, 6) is -1.12. The highest BCUT2D eigenvalue weighted by Crippen LogP contribution is 2.18. The van der Waals surface area contributed by atoms with E-state index in [-0.39, 0.29) is 13.0 Å². The molecule has 2 rings (SSSR count). The molecule has 8 nitrogen and oxygen atoms in total. The van der Waals surface area contributed by atoms with Crippen molar-refractivity contribution in [1.82, 2.24) is 4.72 Å². The van der Waals surface area contributed by atoms with Gasteiger partial charge in [-0.25, -0.2) is 17.6 Å². The summed E-state index contributed by atoms with van der Waals surface area (Å²) in [5, 5.41) is 2.63. The van der Waals surface area contributed by atoms with Crippen molar-refractivity contribution in [2.75, 3.05) is 31.0 Å². The largest absolute Gasteiger partial charge is 0.482 e. The van der Waals surface area contributed by atoms with E-state index in [0.717, 1.165) is 12.1 Å². The van der Waals surface area contributed by atoms with E-state index in [1.54, 1.807) is 24.3 Å². The smallest absolute Gasteiger partial charge is 0.343 e. The van der Waals surface area contributed by atoms with E-state index < -0.39 is 38.7 Å². The van der Waals surface area contributed by atoms with E-state index in [9.17, 15) is 22.4 Å². The second-order valence-corrected chi connectivity index (χ2v) is 8.93. The molecule has 31 heavy (non-hydrogen) atoms. The lowest BCUT2D eigenvalue weighted by Gasteiger charge is -2.18. The first-order valence-corrected chi connectivity index (χ1v) is 12.0. The van der Waals surface area contributed by atoms with Crippen LogP contribution in [0.1, 0.15) is 6.42 Å². The fourth-order valence-electron chi connectivity index (χ4n) is 2.46. The third kappa shape index (κ3) is 7.53. The molecule has 0 aliphatic carbocycles. The summed E-state index contributed by atoms with van der Waals surface area (Å²) < 4.78 is 51.1. The van der Waals surface area contributed by atoms with Gasteiger partial charge in [-0.05, 0) is 54.8 Å². The van der Waals surface area contributed by atoms with Crippen molar-refractivity contribution in [3.8, 4) is 5.75 Å². The number of rotatable bonds is 11. The van der Waals surface area contributed by atoms with Gasteiger partial charge in [-0.2, -0.15) is 16.5 Å². The summed E-state index contributed by atoms with van der Waals surface area (Å²) in [6, 6.07) is 10.0. The monoisotopic (exact) mass is 470 g/mol. The van der Waals surface area contributed by atoms with Crippen LogP contribution in [-0.2, 0) is 24.3 Å². The van der Waals surface area contributed by atoms with Gasteiger partial charge in [0.05, 0.1) is 7.11 Å². The summed E-state index contributed by atoms with van der Waals surface area (Å²) in [6.07, 6.45) is 2.04. The lowest BCUT2D eigenvalue weighted by atomic mass is 10.2. The normalized spacial score (nSPS) is 12.1. The zero-order valence-electron chi connectivity index (χ0n) is 17.0. The van der Waals surface area contributed by atoms with Gasteiger partial charge in [0.1, 0.15) is 22.5 Å². The van der Waals surface area contributed by atoms with Gasteiger partial charge in [0.2, 0.25) is 15.9 Å². The van der Waals surface area contributed by atoms with E-state index in [4.69, 9.17) is 4.74 Å². The summed E-state index contributed by atoms with van der Waals surface area (Å²) in [7, 11) is -2.99. The molecule has 0 bridgehead atoms. The van der Waals surface area contributed by atoms with Crippen LogP contribution in [0.2, 0.25) is 0 Å². The summed E-state index contributed by atoms with van der Waals surface area (Å²) in [6.45, 7) is -0.253. The van der Waals surface area contributed by atoms with E-state index in [0.29, 0.717) is 17.2 Å². The number of amides is 1. The maximum absolute atomic E-state index is 13.9. The molecule has 0 heterocycles. The number of thioether (sulfide) groups is 1. The van der Waals surface area contributed by atoms with Gasteiger partial charge in [0, 0.05) is 5.69 Å². The third-order valence-corrected chi connectivity index (χ3v) is 6.21. The Labute approximate surface area is 184 Å². The van der Waals surface area contributed by atoms with Crippen molar-refractivity contribution >= 4 is 39.3 Å². The third-order valence-electron chi connectivity index (χ3n) is 4.06. The first-order chi connectivity index (χ1) is 14.8. The summed E-state index contributed by atoms with van der Waals surface area (Å²) in [5.41, 5.74) is 0.398. The molecule has 0 fully saturated rings. The maximum atomic E-state index is 13.9. The molecule has 0 radical (unpaired) electrons. The molecule has 168 valence electrons. The zero-order chi connectivity index (χ0) is 22.9. The molecular weight excluding hydrogens is 447 g/mol. The molecule has 11 heteroatoms. The first kappa shape index (κ1) is 24.6. The van der Waals surface area contributed by atoms with Crippen LogP contribution < -0.4 is 14.8 Å². The van der Waals surface area contributed by atoms with Crippen LogP contribution >= 0.6 is 11.8 Å². The Morgan fingerprint density at radius 3 is 2.42 bits per heavy atom. The quantitative estimate of drug-likeness (QED) is 0.485. The number of hydrogen-bond donors (Lipinski definition) is 2.